The average molecular weight is 181 g/mol. The Morgan fingerprint density at radius 1 is 1.33 bits per heavy atom. The molecule has 1 unspecified atom stereocenters. The van der Waals surface area contributed by atoms with E-state index in [0.717, 1.165) is 0 Å². The van der Waals surface area contributed by atoms with Gasteiger partial charge in [-0.25, -0.2) is 0 Å². The highest BCUT2D eigenvalue weighted by Crippen LogP contribution is 2.14. The molecule has 0 heterocycles. The van der Waals surface area contributed by atoms with E-state index < -0.39 is 12.7 Å². The summed E-state index contributed by atoms with van der Waals surface area (Å²) >= 11 is 0. The second kappa shape index (κ2) is 6.31. The molecule has 4 heteroatoms. The summed E-state index contributed by atoms with van der Waals surface area (Å²) in [6.45, 7) is 1.65. The Morgan fingerprint density at radius 3 is 2.25 bits per heavy atom. The van der Waals surface area contributed by atoms with Crippen molar-refractivity contribution in [2.24, 2.45) is 11.7 Å². The molecule has 0 spiro atoms. The van der Waals surface area contributed by atoms with Crippen LogP contribution >= 0.6 is 0 Å². The fraction of sp³-hybridized carbons (Fsp3) is 1.00. The normalized spacial score (nSPS) is 14.2. The first-order valence-corrected chi connectivity index (χ1v) is 4.20. The predicted molar refractivity (Wildman–Crippen MR) is 44.0 cm³/mol. The summed E-state index contributed by atoms with van der Waals surface area (Å²) in [5.41, 5.74) is 5.26. The second-order valence-corrected chi connectivity index (χ2v) is 3.23. The molecule has 1 atom stereocenters. The van der Waals surface area contributed by atoms with Gasteiger partial charge in [-0.1, -0.05) is 13.8 Å². The van der Waals surface area contributed by atoms with Gasteiger partial charge >= 0.3 is 6.61 Å². The van der Waals surface area contributed by atoms with Crippen molar-refractivity contribution in [3.8, 4) is 0 Å². The van der Waals surface area contributed by atoms with Gasteiger partial charge in [-0.3, -0.25) is 0 Å². The molecule has 0 radical (unpaired) electrons. The number of halogens is 2. The number of hydrogen-bond donors (Lipinski definition) is 1. The third-order valence-corrected chi connectivity index (χ3v) is 1.52. The van der Waals surface area contributed by atoms with Gasteiger partial charge in [0.05, 0.1) is 6.10 Å². The molecule has 74 valence electrons. The van der Waals surface area contributed by atoms with Gasteiger partial charge < -0.3 is 10.5 Å². The maximum absolute atomic E-state index is 11.8. The fourth-order valence-electron chi connectivity index (χ4n) is 1.10. The van der Waals surface area contributed by atoms with E-state index in [9.17, 15) is 8.78 Å². The Balaban J connectivity index is 3.69. The van der Waals surface area contributed by atoms with E-state index in [1.54, 1.807) is 0 Å². The van der Waals surface area contributed by atoms with Crippen LogP contribution in [0.4, 0.5) is 8.78 Å². The lowest BCUT2D eigenvalue weighted by Crippen LogP contribution is -2.22. The van der Waals surface area contributed by atoms with Crippen LogP contribution in [0.15, 0.2) is 0 Å². The number of nitrogens with two attached hydrogens (primary N) is 1. The first-order valence-electron chi connectivity index (χ1n) is 4.20. The summed E-state index contributed by atoms with van der Waals surface area (Å²) in [5.74, 6) is 0.361. The maximum Gasteiger partial charge on any atom is 0.345 e. The average Bonchev–Trinajstić information content (AvgIpc) is 1.84. The topological polar surface area (TPSA) is 35.2 Å². The lowest BCUT2D eigenvalue weighted by molar-refractivity contribution is -0.167. The van der Waals surface area contributed by atoms with Crippen molar-refractivity contribution in [2.75, 3.05) is 6.54 Å². The van der Waals surface area contributed by atoms with Gasteiger partial charge in [-0.2, -0.15) is 8.78 Å². The molecule has 2 N–H and O–H groups in total. The molecule has 0 aliphatic rings. The van der Waals surface area contributed by atoms with Gasteiger partial charge in [-0.05, 0) is 25.3 Å². The van der Waals surface area contributed by atoms with E-state index in [0.29, 0.717) is 25.3 Å². The highest BCUT2D eigenvalue weighted by Gasteiger charge is 2.15. The summed E-state index contributed by atoms with van der Waals surface area (Å²) in [5, 5.41) is 0. The molecule has 2 nitrogen and oxygen atoms in total. The van der Waals surface area contributed by atoms with Crippen molar-refractivity contribution < 1.29 is 13.5 Å². The zero-order valence-electron chi connectivity index (χ0n) is 7.59. The number of alkyl halides is 2. The Bertz CT molecular complexity index is 99.2. The van der Waals surface area contributed by atoms with Crippen molar-refractivity contribution in [1.82, 2.24) is 0 Å². The quantitative estimate of drug-likeness (QED) is 0.680. The molecule has 0 aliphatic carbocycles. The van der Waals surface area contributed by atoms with Gasteiger partial charge in [0.15, 0.2) is 0 Å². The smallest absolute Gasteiger partial charge is 0.330 e. The van der Waals surface area contributed by atoms with E-state index >= 15 is 0 Å². The van der Waals surface area contributed by atoms with Crippen molar-refractivity contribution in [3.63, 3.8) is 0 Å². The van der Waals surface area contributed by atoms with Crippen LogP contribution in [0.1, 0.15) is 26.7 Å². The van der Waals surface area contributed by atoms with Crippen LogP contribution in [0.5, 0.6) is 0 Å². The standard InChI is InChI=1S/C8H17F2NO/c1-6(2)5-7(3-4-11)12-8(9)10/h6-8H,3-5,11H2,1-2H3. The number of ether oxygens (including phenoxy) is 1. The second-order valence-electron chi connectivity index (χ2n) is 3.23. The highest BCUT2D eigenvalue weighted by atomic mass is 19.3. The van der Waals surface area contributed by atoms with E-state index in [-0.39, 0.29) is 0 Å². The maximum atomic E-state index is 11.8. The Kier molecular flexibility index (Phi) is 6.20. The van der Waals surface area contributed by atoms with Crippen LogP contribution in [0.2, 0.25) is 0 Å². The third-order valence-electron chi connectivity index (χ3n) is 1.52. The van der Waals surface area contributed by atoms with Gasteiger partial charge in [-0.15, -0.1) is 0 Å². The van der Waals surface area contributed by atoms with Gasteiger partial charge in [0.25, 0.3) is 0 Å². The van der Waals surface area contributed by atoms with Crippen molar-refractivity contribution in [2.45, 2.75) is 39.4 Å². The van der Waals surface area contributed by atoms with Gasteiger partial charge in [0.1, 0.15) is 0 Å². The van der Waals surface area contributed by atoms with E-state index in [2.05, 4.69) is 4.74 Å². The molecule has 0 saturated heterocycles. The zero-order valence-corrected chi connectivity index (χ0v) is 7.59. The molecule has 12 heavy (non-hydrogen) atoms. The third kappa shape index (κ3) is 6.49. The summed E-state index contributed by atoms with van der Waals surface area (Å²) in [7, 11) is 0. The fourth-order valence-corrected chi connectivity index (χ4v) is 1.10. The SMILES string of the molecule is CC(C)CC(CCN)OC(F)F. The predicted octanol–water partition coefficient (Wildman–Crippen LogP) is 1.99. The largest absolute Gasteiger partial charge is 0.345 e. The Labute approximate surface area is 72.1 Å². The summed E-state index contributed by atoms with van der Waals surface area (Å²) in [4.78, 5) is 0. The molecule has 0 fully saturated rings. The minimum Gasteiger partial charge on any atom is -0.330 e. The van der Waals surface area contributed by atoms with Crippen LogP contribution < -0.4 is 5.73 Å². The van der Waals surface area contributed by atoms with Crippen LogP contribution in [-0.2, 0) is 4.74 Å². The summed E-state index contributed by atoms with van der Waals surface area (Å²) in [6.07, 6.45) is 0.749. The Morgan fingerprint density at radius 2 is 1.92 bits per heavy atom. The molecule has 0 aromatic rings. The molecule has 0 aliphatic heterocycles. The molecular formula is C8H17F2NO. The molecule has 0 saturated carbocycles. The lowest BCUT2D eigenvalue weighted by atomic mass is 10.0. The molecule has 0 rings (SSSR count). The summed E-state index contributed by atoms with van der Waals surface area (Å²) < 4.78 is 28.0. The monoisotopic (exact) mass is 181 g/mol. The number of hydrogen-bond acceptors (Lipinski definition) is 2. The molecule has 0 aromatic carbocycles. The van der Waals surface area contributed by atoms with Crippen LogP contribution in [0, 0.1) is 5.92 Å². The molecular weight excluding hydrogens is 164 g/mol. The lowest BCUT2D eigenvalue weighted by Gasteiger charge is -2.18. The van der Waals surface area contributed by atoms with E-state index in [1.165, 1.54) is 0 Å². The Hall–Kier alpha value is -0.220. The van der Waals surface area contributed by atoms with Crippen molar-refractivity contribution >= 4 is 0 Å². The highest BCUT2D eigenvalue weighted by molar-refractivity contribution is 4.61. The zero-order chi connectivity index (χ0) is 9.56. The summed E-state index contributed by atoms with van der Waals surface area (Å²) in [6, 6.07) is 0. The van der Waals surface area contributed by atoms with Crippen molar-refractivity contribution in [1.29, 1.82) is 0 Å². The van der Waals surface area contributed by atoms with Gasteiger partial charge in [0.2, 0.25) is 0 Å². The van der Waals surface area contributed by atoms with Crippen LogP contribution in [-0.4, -0.2) is 19.3 Å². The first kappa shape index (κ1) is 11.8. The molecule has 0 aromatic heterocycles. The minimum absolute atomic E-state index is 0.361. The van der Waals surface area contributed by atoms with E-state index in [1.807, 2.05) is 13.8 Å². The number of rotatable bonds is 6. The van der Waals surface area contributed by atoms with E-state index in [4.69, 9.17) is 5.73 Å². The van der Waals surface area contributed by atoms with Crippen molar-refractivity contribution in [3.05, 3.63) is 0 Å². The molecule has 0 amide bonds. The van der Waals surface area contributed by atoms with Crippen LogP contribution in [0.25, 0.3) is 0 Å². The first-order chi connectivity index (χ1) is 5.56. The molecule has 0 bridgehead atoms. The minimum atomic E-state index is -2.68. The van der Waals surface area contributed by atoms with Gasteiger partial charge in [0, 0.05) is 0 Å². The van der Waals surface area contributed by atoms with Crippen LogP contribution in [0.3, 0.4) is 0 Å².